The van der Waals surface area contributed by atoms with E-state index in [0.29, 0.717) is 19.6 Å². The Labute approximate surface area is 129 Å². The van der Waals surface area contributed by atoms with E-state index in [2.05, 4.69) is 15.6 Å². The van der Waals surface area contributed by atoms with Crippen molar-refractivity contribution in [3.63, 3.8) is 0 Å². The summed E-state index contributed by atoms with van der Waals surface area (Å²) in [6, 6.07) is 9.67. The van der Waals surface area contributed by atoms with Crippen LogP contribution in [-0.4, -0.2) is 35.8 Å². The molecule has 21 heavy (non-hydrogen) atoms. The number of β-amino-alcohol motifs (C(OH)–C–C–N with tert-alkyl or cyclic N) is 1. The molecule has 0 radical (unpaired) electrons. The number of aromatic amines is 1. The first-order valence-electron chi connectivity index (χ1n) is 6.94. The highest BCUT2D eigenvalue weighted by atomic mass is 35.5. The van der Waals surface area contributed by atoms with Crippen LogP contribution in [0.1, 0.15) is 5.56 Å². The van der Waals surface area contributed by atoms with E-state index in [9.17, 15) is 9.90 Å². The Morgan fingerprint density at radius 2 is 2.10 bits per heavy atom. The van der Waals surface area contributed by atoms with Gasteiger partial charge >= 0.3 is 0 Å². The van der Waals surface area contributed by atoms with Gasteiger partial charge in [-0.05, 0) is 17.5 Å². The van der Waals surface area contributed by atoms with Crippen molar-refractivity contribution in [1.29, 1.82) is 0 Å². The van der Waals surface area contributed by atoms with E-state index in [-0.39, 0.29) is 30.0 Å². The number of aromatic nitrogens is 1. The van der Waals surface area contributed by atoms with Crippen molar-refractivity contribution < 1.29 is 5.11 Å². The quantitative estimate of drug-likeness (QED) is 0.668. The maximum atomic E-state index is 12.0. The number of aliphatic hydroxyl groups is 1. The van der Waals surface area contributed by atoms with Crippen LogP contribution >= 0.6 is 12.4 Å². The minimum Gasteiger partial charge on any atom is -0.391 e. The van der Waals surface area contributed by atoms with Gasteiger partial charge in [0.2, 0.25) is 0 Å². The first kappa shape index (κ1) is 16.0. The van der Waals surface area contributed by atoms with Crippen molar-refractivity contribution in [2.24, 2.45) is 5.92 Å². The zero-order chi connectivity index (χ0) is 13.9. The van der Waals surface area contributed by atoms with E-state index in [1.165, 1.54) is 0 Å². The molecule has 6 heteroatoms. The zero-order valence-electron chi connectivity index (χ0n) is 11.6. The van der Waals surface area contributed by atoms with Crippen molar-refractivity contribution in [2.75, 3.05) is 19.6 Å². The Balaban J connectivity index is 0.00000161. The fourth-order valence-corrected chi connectivity index (χ4v) is 2.64. The smallest absolute Gasteiger partial charge is 0.252 e. The first-order valence-corrected chi connectivity index (χ1v) is 6.94. The van der Waals surface area contributed by atoms with Crippen LogP contribution in [0.25, 0.3) is 10.9 Å². The molecular weight excluding hydrogens is 290 g/mol. The number of pyridine rings is 1. The highest BCUT2D eigenvalue weighted by Crippen LogP contribution is 2.10. The third-order valence-electron chi connectivity index (χ3n) is 3.86. The summed E-state index contributed by atoms with van der Waals surface area (Å²) in [4.78, 5) is 14.9. The Hall–Kier alpha value is -1.40. The maximum Gasteiger partial charge on any atom is 0.252 e. The highest BCUT2D eigenvalue weighted by Gasteiger charge is 2.24. The molecule has 0 bridgehead atoms. The third kappa shape index (κ3) is 3.63. The molecule has 0 saturated carbocycles. The van der Waals surface area contributed by atoms with Gasteiger partial charge in [-0.3, -0.25) is 4.79 Å². The molecule has 1 saturated heterocycles. The van der Waals surface area contributed by atoms with Gasteiger partial charge in [0.05, 0.1) is 6.10 Å². The average molecular weight is 310 g/mol. The van der Waals surface area contributed by atoms with Gasteiger partial charge in [0.25, 0.3) is 5.56 Å². The highest BCUT2D eigenvalue weighted by molar-refractivity contribution is 5.85. The summed E-state index contributed by atoms with van der Waals surface area (Å²) in [5.41, 5.74) is 1.53. The monoisotopic (exact) mass is 309 g/mol. The zero-order valence-corrected chi connectivity index (χ0v) is 12.5. The van der Waals surface area contributed by atoms with Crippen LogP contribution in [0.5, 0.6) is 0 Å². The molecule has 2 aromatic rings. The molecule has 1 aromatic heterocycles. The van der Waals surface area contributed by atoms with Crippen molar-refractivity contribution in [1.82, 2.24) is 15.6 Å². The van der Waals surface area contributed by atoms with E-state index in [4.69, 9.17) is 0 Å². The summed E-state index contributed by atoms with van der Waals surface area (Å²) in [5, 5.41) is 17.2. The Morgan fingerprint density at radius 3 is 2.86 bits per heavy atom. The maximum absolute atomic E-state index is 12.0. The molecule has 2 heterocycles. The van der Waals surface area contributed by atoms with Crippen LogP contribution in [0, 0.1) is 5.92 Å². The molecule has 0 aliphatic carbocycles. The van der Waals surface area contributed by atoms with E-state index in [0.717, 1.165) is 23.0 Å². The van der Waals surface area contributed by atoms with Crippen LogP contribution in [-0.2, 0) is 6.54 Å². The van der Waals surface area contributed by atoms with Crippen LogP contribution in [0.3, 0.4) is 0 Å². The lowest BCUT2D eigenvalue weighted by atomic mass is 10.1. The topological polar surface area (TPSA) is 77.2 Å². The summed E-state index contributed by atoms with van der Waals surface area (Å²) < 4.78 is 0. The van der Waals surface area contributed by atoms with Crippen molar-refractivity contribution in [2.45, 2.75) is 12.6 Å². The number of aliphatic hydroxyl groups excluding tert-OH is 1. The van der Waals surface area contributed by atoms with Gasteiger partial charge in [0.15, 0.2) is 0 Å². The second-order valence-electron chi connectivity index (χ2n) is 5.33. The second-order valence-corrected chi connectivity index (χ2v) is 5.33. The van der Waals surface area contributed by atoms with Crippen molar-refractivity contribution >= 4 is 23.3 Å². The molecule has 3 rings (SSSR count). The molecule has 2 atom stereocenters. The van der Waals surface area contributed by atoms with Crippen LogP contribution < -0.4 is 16.2 Å². The Kier molecular flexibility index (Phi) is 5.36. The lowest BCUT2D eigenvalue weighted by molar-refractivity contribution is 0.146. The summed E-state index contributed by atoms with van der Waals surface area (Å²) in [5.74, 6) is 0.217. The molecule has 1 aliphatic heterocycles. The van der Waals surface area contributed by atoms with Gasteiger partial charge in [-0.1, -0.05) is 18.2 Å². The van der Waals surface area contributed by atoms with E-state index in [1.54, 1.807) is 0 Å². The lowest BCUT2D eigenvalue weighted by Crippen LogP contribution is -2.31. The minimum atomic E-state index is -0.294. The molecule has 1 aromatic carbocycles. The minimum absolute atomic E-state index is 0. The molecule has 1 aliphatic rings. The number of benzene rings is 1. The number of para-hydroxylation sites is 1. The fourth-order valence-electron chi connectivity index (χ4n) is 2.64. The normalized spacial score (nSPS) is 21.4. The summed E-state index contributed by atoms with van der Waals surface area (Å²) in [6.45, 7) is 2.70. The van der Waals surface area contributed by atoms with Gasteiger partial charge < -0.3 is 20.7 Å². The third-order valence-corrected chi connectivity index (χ3v) is 3.86. The largest absolute Gasteiger partial charge is 0.391 e. The molecule has 4 N–H and O–H groups in total. The van der Waals surface area contributed by atoms with Gasteiger partial charge in [-0.15, -0.1) is 12.4 Å². The van der Waals surface area contributed by atoms with E-state index >= 15 is 0 Å². The van der Waals surface area contributed by atoms with Crippen LogP contribution in [0.15, 0.2) is 35.1 Å². The number of hydrogen-bond acceptors (Lipinski definition) is 4. The molecule has 1 fully saturated rings. The molecule has 5 nitrogen and oxygen atoms in total. The summed E-state index contributed by atoms with van der Waals surface area (Å²) in [7, 11) is 0. The number of nitrogens with one attached hydrogen (secondary N) is 3. The van der Waals surface area contributed by atoms with Crippen molar-refractivity contribution in [3.8, 4) is 0 Å². The number of fused-ring (bicyclic) bond motifs is 1. The molecule has 2 unspecified atom stereocenters. The average Bonchev–Trinajstić information content (AvgIpc) is 2.85. The number of hydrogen-bond donors (Lipinski definition) is 4. The van der Waals surface area contributed by atoms with Gasteiger partial charge in [0.1, 0.15) is 0 Å². The van der Waals surface area contributed by atoms with Gasteiger partial charge in [0, 0.05) is 43.2 Å². The van der Waals surface area contributed by atoms with Crippen molar-refractivity contribution in [3.05, 3.63) is 46.2 Å². The van der Waals surface area contributed by atoms with Crippen LogP contribution in [0.2, 0.25) is 0 Å². The molecule has 0 spiro atoms. The number of rotatable bonds is 4. The summed E-state index contributed by atoms with van der Waals surface area (Å²) >= 11 is 0. The molecule has 0 amide bonds. The predicted octanol–water partition coefficient (Wildman–Crippen LogP) is 0.620. The van der Waals surface area contributed by atoms with Crippen LogP contribution in [0.4, 0.5) is 0 Å². The first-order chi connectivity index (χ1) is 9.74. The Bertz CT molecular complexity index is 659. The lowest BCUT2D eigenvalue weighted by Gasteiger charge is -2.14. The second kappa shape index (κ2) is 7.04. The van der Waals surface area contributed by atoms with Gasteiger partial charge in [-0.2, -0.15) is 0 Å². The standard InChI is InChI=1S/C15H19N3O2.ClH/c19-14-9-17-8-12(14)7-16-6-11-5-10-3-1-2-4-13(10)18-15(11)20;/h1-5,12,14,16-17,19H,6-9H2,(H,18,20);1H. The fraction of sp³-hybridized carbons (Fsp3) is 0.400. The van der Waals surface area contributed by atoms with E-state index < -0.39 is 0 Å². The number of halogens is 1. The van der Waals surface area contributed by atoms with Gasteiger partial charge in [-0.25, -0.2) is 0 Å². The van der Waals surface area contributed by atoms with E-state index in [1.807, 2.05) is 30.3 Å². The number of H-pyrrole nitrogens is 1. The predicted molar refractivity (Wildman–Crippen MR) is 85.9 cm³/mol. The molecule has 114 valence electrons. The molecular formula is C15H20ClN3O2. The Morgan fingerprint density at radius 1 is 1.29 bits per heavy atom. The SMILES string of the molecule is Cl.O=c1[nH]c2ccccc2cc1CNCC1CNCC1O. The summed E-state index contributed by atoms with van der Waals surface area (Å²) in [6.07, 6.45) is -0.294.